The van der Waals surface area contributed by atoms with Gasteiger partial charge in [0.15, 0.2) is 0 Å². The van der Waals surface area contributed by atoms with E-state index in [1.54, 1.807) is 14.0 Å². The molecule has 1 heterocycles. The van der Waals surface area contributed by atoms with E-state index in [0.29, 0.717) is 19.4 Å². The highest BCUT2D eigenvalue weighted by molar-refractivity contribution is 7.89. The molecule has 0 aromatic heterocycles. The zero-order valence-electron chi connectivity index (χ0n) is 14.5. The second-order valence-corrected chi connectivity index (χ2v) is 8.33. The van der Waals surface area contributed by atoms with Gasteiger partial charge in [-0.1, -0.05) is 18.2 Å². The maximum Gasteiger partial charge on any atom is 0.224 e. The Labute approximate surface area is 144 Å². The molecule has 1 amide bonds. The van der Waals surface area contributed by atoms with Crippen molar-refractivity contribution in [2.75, 3.05) is 26.0 Å². The van der Waals surface area contributed by atoms with Crippen LogP contribution in [0.1, 0.15) is 38.3 Å². The smallest absolute Gasteiger partial charge is 0.224 e. The van der Waals surface area contributed by atoms with Crippen LogP contribution in [0.4, 0.5) is 0 Å². The molecule has 1 aromatic rings. The largest absolute Gasteiger partial charge is 0.496 e. The first-order valence-corrected chi connectivity index (χ1v) is 9.91. The molecule has 2 atom stereocenters. The summed E-state index contributed by atoms with van der Waals surface area (Å²) in [5.74, 6) is 0.379. The molecular formula is C17H26N2O4S. The van der Waals surface area contributed by atoms with E-state index in [9.17, 15) is 13.2 Å². The Morgan fingerprint density at radius 2 is 2.12 bits per heavy atom. The van der Waals surface area contributed by atoms with E-state index in [1.165, 1.54) is 4.31 Å². The fourth-order valence-electron chi connectivity index (χ4n) is 3.02. The Morgan fingerprint density at radius 3 is 2.79 bits per heavy atom. The standard InChI is InChI=1S/C17H26N2O4S/c1-4-24(21,22)19-11-7-8-14(12-19)17(20)18-13(2)15-9-5-6-10-16(15)23-3/h5-6,9-10,13-14H,4,7-8,11-12H2,1-3H3,(H,18,20). The minimum atomic E-state index is -3.25. The van der Waals surface area contributed by atoms with Crippen LogP contribution in [0.15, 0.2) is 24.3 Å². The van der Waals surface area contributed by atoms with Crippen molar-refractivity contribution >= 4 is 15.9 Å². The molecule has 1 aliphatic rings. The number of hydrogen-bond donors (Lipinski definition) is 1. The molecule has 0 bridgehead atoms. The third-order valence-corrected chi connectivity index (χ3v) is 6.33. The van der Waals surface area contributed by atoms with Crippen LogP contribution in [0.3, 0.4) is 0 Å². The van der Waals surface area contributed by atoms with Gasteiger partial charge in [0.1, 0.15) is 5.75 Å². The van der Waals surface area contributed by atoms with Gasteiger partial charge < -0.3 is 10.1 Å². The van der Waals surface area contributed by atoms with Gasteiger partial charge in [0.05, 0.1) is 24.8 Å². The van der Waals surface area contributed by atoms with E-state index in [1.807, 2.05) is 31.2 Å². The first-order chi connectivity index (χ1) is 11.4. The van der Waals surface area contributed by atoms with Crippen molar-refractivity contribution in [2.24, 2.45) is 5.92 Å². The molecule has 1 aliphatic heterocycles. The van der Waals surface area contributed by atoms with Gasteiger partial charge in [0.2, 0.25) is 15.9 Å². The lowest BCUT2D eigenvalue weighted by Gasteiger charge is -2.31. The zero-order valence-corrected chi connectivity index (χ0v) is 15.3. The highest BCUT2D eigenvalue weighted by Gasteiger charge is 2.32. The third-order valence-electron chi connectivity index (χ3n) is 4.48. The molecule has 1 N–H and O–H groups in total. The summed E-state index contributed by atoms with van der Waals surface area (Å²) in [5, 5.41) is 2.99. The van der Waals surface area contributed by atoms with Crippen LogP contribution in [-0.2, 0) is 14.8 Å². The molecule has 0 spiro atoms. The lowest BCUT2D eigenvalue weighted by Crippen LogP contribution is -2.46. The Balaban J connectivity index is 2.04. The third kappa shape index (κ3) is 4.27. The normalized spacial score (nSPS) is 20.4. The van der Waals surface area contributed by atoms with Gasteiger partial charge in [-0.05, 0) is 32.8 Å². The summed E-state index contributed by atoms with van der Waals surface area (Å²) < 4.78 is 30.8. The van der Waals surface area contributed by atoms with Crippen LogP contribution in [0.2, 0.25) is 0 Å². The summed E-state index contributed by atoms with van der Waals surface area (Å²) in [4.78, 5) is 12.6. The topological polar surface area (TPSA) is 75.7 Å². The minimum absolute atomic E-state index is 0.0684. The molecule has 2 unspecified atom stereocenters. The molecule has 0 radical (unpaired) electrons. The minimum Gasteiger partial charge on any atom is -0.496 e. The van der Waals surface area contributed by atoms with Crippen molar-refractivity contribution in [3.8, 4) is 5.75 Å². The van der Waals surface area contributed by atoms with Gasteiger partial charge in [-0.15, -0.1) is 0 Å². The number of nitrogens with one attached hydrogen (secondary N) is 1. The quantitative estimate of drug-likeness (QED) is 0.847. The monoisotopic (exact) mass is 354 g/mol. The van der Waals surface area contributed by atoms with E-state index >= 15 is 0 Å². The fraction of sp³-hybridized carbons (Fsp3) is 0.588. The molecule has 0 aliphatic carbocycles. The summed E-state index contributed by atoms with van der Waals surface area (Å²) in [6.45, 7) is 4.30. The van der Waals surface area contributed by atoms with Gasteiger partial charge >= 0.3 is 0 Å². The van der Waals surface area contributed by atoms with Gasteiger partial charge in [-0.25, -0.2) is 12.7 Å². The number of carbonyl (C=O) groups is 1. The summed E-state index contributed by atoms with van der Waals surface area (Å²) in [6.07, 6.45) is 1.42. The molecule has 134 valence electrons. The average Bonchev–Trinajstić information content (AvgIpc) is 2.61. The first kappa shape index (κ1) is 18.7. The first-order valence-electron chi connectivity index (χ1n) is 8.30. The lowest BCUT2D eigenvalue weighted by atomic mass is 9.97. The SMILES string of the molecule is CCS(=O)(=O)N1CCCC(C(=O)NC(C)c2ccccc2OC)C1. The van der Waals surface area contributed by atoms with Crippen molar-refractivity contribution in [1.29, 1.82) is 0 Å². The number of carbonyl (C=O) groups excluding carboxylic acids is 1. The zero-order chi connectivity index (χ0) is 17.7. The molecular weight excluding hydrogens is 328 g/mol. The van der Waals surface area contributed by atoms with E-state index in [-0.39, 0.29) is 30.2 Å². The summed E-state index contributed by atoms with van der Waals surface area (Å²) >= 11 is 0. The van der Waals surface area contributed by atoms with Crippen molar-refractivity contribution in [3.63, 3.8) is 0 Å². The predicted octanol–water partition coefficient (Wildman–Crippen LogP) is 1.93. The van der Waals surface area contributed by atoms with Crippen LogP contribution in [-0.4, -0.2) is 44.6 Å². The average molecular weight is 354 g/mol. The van der Waals surface area contributed by atoms with Crippen LogP contribution in [0.25, 0.3) is 0 Å². The number of nitrogens with zero attached hydrogens (tertiary/aromatic N) is 1. The maximum absolute atomic E-state index is 12.6. The van der Waals surface area contributed by atoms with Crippen molar-refractivity contribution in [3.05, 3.63) is 29.8 Å². The Morgan fingerprint density at radius 1 is 1.42 bits per heavy atom. The number of methoxy groups -OCH3 is 1. The molecule has 7 heteroatoms. The van der Waals surface area contributed by atoms with Crippen LogP contribution in [0, 0.1) is 5.92 Å². The van der Waals surface area contributed by atoms with E-state index < -0.39 is 10.0 Å². The van der Waals surface area contributed by atoms with Crippen LogP contribution >= 0.6 is 0 Å². The van der Waals surface area contributed by atoms with Gasteiger partial charge in [-0.3, -0.25) is 4.79 Å². The van der Waals surface area contributed by atoms with Gasteiger partial charge in [-0.2, -0.15) is 0 Å². The Kier molecular flexibility index (Phi) is 6.23. The highest BCUT2D eigenvalue weighted by Crippen LogP contribution is 2.26. The molecule has 1 saturated heterocycles. The second-order valence-electron chi connectivity index (χ2n) is 6.07. The van der Waals surface area contributed by atoms with Crippen molar-refractivity contribution in [1.82, 2.24) is 9.62 Å². The number of hydrogen-bond acceptors (Lipinski definition) is 4. The number of sulfonamides is 1. The number of benzene rings is 1. The molecule has 1 aromatic carbocycles. The highest BCUT2D eigenvalue weighted by atomic mass is 32.2. The Hall–Kier alpha value is -1.60. The number of amides is 1. The van der Waals surface area contributed by atoms with Gasteiger partial charge in [0, 0.05) is 18.7 Å². The van der Waals surface area contributed by atoms with Crippen LogP contribution < -0.4 is 10.1 Å². The molecule has 2 rings (SSSR count). The van der Waals surface area contributed by atoms with E-state index in [2.05, 4.69) is 5.32 Å². The predicted molar refractivity (Wildman–Crippen MR) is 93.3 cm³/mol. The van der Waals surface area contributed by atoms with E-state index in [0.717, 1.165) is 11.3 Å². The molecule has 0 saturated carbocycles. The summed E-state index contributed by atoms with van der Waals surface area (Å²) in [5.41, 5.74) is 0.905. The lowest BCUT2D eigenvalue weighted by molar-refractivity contribution is -0.126. The Bertz CT molecular complexity index is 675. The molecule has 6 nitrogen and oxygen atoms in total. The fourth-order valence-corrected chi connectivity index (χ4v) is 4.20. The van der Waals surface area contributed by atoms with Crippen molar-refractivity contribution < 1.29 is 17.9 Å². The summed E-state index contributed by atoms with van der Waals surface area (Å²) in [6, 6.07) is 7.35. The van der Waals surface area contributed by atoms with Crippen LogP contribution in [0.5, 0.6) is 5.75 Å². The van der Waals surface area contributed by atoms with Gasteiger partial charge in [0.25, 0.3) is 0 Å². The second kappa shape index (κ2) is 7.98. The number of piperidine rings is 1. The summed E-state index contributed by atoms with van der Waals surface area (Å²) in [7, 11) is -1.65. The number of para-hydroxylation sites is 1. The van der Waals surface area contributed by atoms with E-state index in [4.69, 9.17) is 4.74 Å². The van der Waals surface area contributed by atoms with Crippen molar-refractivity contribution in [2.45, 2.75) is 32.7 Å². The molecule has 24 heavy (non-hydrogen) atoms. The number of ether oxygens (including phenoxy) is 1. The maximum atomic E-state index is 12.6. The molecule has 1 fully saturated rings. The number of rotatable bonds is 6.